The Kier molecular flexibility index (Phi) is 9.02. The molecule has 27 heavy (non-hydrogen) atoms. The van der Waals surface area contributed by atoms with Crippen LogP contribution in [0.1, 0.15) is 44.1 Å². The van der Waals surface area contributed by atoms with Gasteiger partial charge < -0.3 is 10.1 Å². The Bertz CT molecular complexity index is 705. The lowest BCUT2D eigenvalue weighted by atomic mass is 9.98. The maximum absolute atomic E-state index is 12.1. The molecule has 1 aliphatic carbocycles. The standard InChI is InChI=1S/C19H29ClN2O4S/c1-27(24,25)22(14-16-8-5-6-11-18(16)20)15-19(23)21-12-7-13-26-17-9-3-2-4-10-17/h5-6,8,11,17H,2-4,7,9-10,12-15H2,1H3,(H,21,23). The highest BCUT2D eigenvalue weighted by atomic mass is 35.5. The number of nitrogens with one attached hydrogen (secondary N) is 1. The monoisotopic (exact) mass is 416 g/mol. The van der Waals surface area contributed by atoms with E-state index in [4.69, 9.17) is 16.3 Å². The molecule has 1 aromatic carbocycles. The Hall–Kier alpha value is -1.15. The lowest BCUT2D eigenvalue weighted by Gasteiger charge is -2.22. The molecule has 2 rings (SSSR count). The van der Waals surface area contributed by atoms with Crippen molar-refractivity contribution in [3.8, 4) is 0 Å². The van der Waals surface area contributed by atoms with Gasteiger partial charge in [-0.3, -0.25) is 4.79 Å². The lowest BCUT2D eigenvalue weighted by molar-refractivity contribution is -0.121. The summed E-state index contributed by atoms with van der Waals surface area (Å²) in [6, 6.07) is 7.01. The number of sulfonamides is 1. The molecule has 0 aromatic heterocycles. The summed E-state index contributed by atoms with van der Waals surface area (Å²) >= 11 is 6.10. The van der Waals surface area contributed by atoms with Gasteiger partial charge in [0.25, 0.3) is 0 Å². The van der Waals surface area contributed by atoms with E-state index >= 15 is 0 Å². The third kappa shape index (κ3) is 8.17. The van der Waals surface area contributed by atoms with Crippen LogP contribution in [0.5, 0.6) is 0 Å². The van der Waals surface area contributed by atoms with Gasteiger partial charge in [-0.2, -0.15) is 4.31 Å². The predicted molar refractivity (Wildman–Crippen MR) is 107 cm³/mol. The third-order valence-corrected chi connectivity index (χ3v) is 6.21. The summed E-state index contributed by atoms with van der Waals surface area (Å²) in [7, 11) is -3.54. The third-order valence-electron chi connectivity index (χ3n) is 4.64. The summed E-state index contributed by atoms with van der Waals surface area (Å²) in [5, 5.41) is 3.24. The van der Waals surface area contributed by atoms with Crippen LogP contribution in [-0.2, 0) is 26.1 Å². The zero-order chi connectivity index (χ0) is 19.7. The van der Waals surface area contributed by atoms with Crippen LogP contribution in [0.25, 0.3) is 0 Å². The normalized spacial score (nSPS) is 15.8. The van der Waals surface area contributed by atoms with Crippen molar-refractivity contribution >= 4 is 27.5 Å². The summed E-state index contributed by atoms with van der Waals surface area (Å²) in [6.07, 6.45) is 8.16. The number of rotatable bonds is 10. The van der Waals surface area contributed by atoms with E-state index in [2.05, 4.69) is 5.32 Å². The number of hydrogen-bond donors (Lipinski definition) is 1. The average Bonchev–Trinajstić information content (AvgIpc) is 2.62. The topological polar surface area (TPSA) is 75.7 Å². The van der Waals surface area contributed by atoms with Crippen molar-refractivity contribution in [2.24, 2.45) is 0 Å². The Morgan fingerprint density at radius 3 is 2.63 bits per heavy atom. The molecule has 1 saturated carbocycles. The van der Waals surface area contributed by atoms with Crippen LogP contribution in [0.3, 0.4) is 0 Å². The molecule has 1 fully saturated rings. The Morgan fingerprint density at radius 1 is 1.26 bits per heavy atom. The number of amides is 1. The van der Waals surface area contributed by atoms with Gasteiger partial charge in [0.1, 0.15) is 0 Å². The second kappa shape index (κ2) is 11.0. The molecule has 1 aliphatic rings. The first-order chi connectivity index (χ1) is 12.9. The fourth-order valence-corrected chi connectivity index (χ4v) is 4.03. The van der Waals surface area contributed by atoms with Crippen LogP contribution >= 0.6 is 11.6 Å². The lowest BCUT2D eigenvalue weighted by Crippen LogP contribution is -2.40. The molecular weight excluding hydrogens is 388 g/mol. The van der Waals surface area contributed by atoms with E-state index < -0.39 is 10.0 Å². The molecule has 0 atom stereocenters. The summed E-state index contributed by atoms with van der Waals surface area (Å²) in [6.45, 7) is 0.917. The molecular formula is C19H29ClN2O4S. The molecule has 8 heteroatoms. The van der Waals surface area contributed by atoms with Gasteiger partial charge in [0.05, 0.1) is 18.9 Å². The quantitative estimate of drug-likeness (QED) is 0.595. The van der Waals surface area contributed by atoms with Crippen molar-refractivity contribution in [2.75, 3.05) is 26.0 Å². The zero-order valence-electron chi connectivity index (χ0n) is 15.8. The number of benzene rings is 1. The van der Waals surface area contributed by atoms with Gasteiger partial charge in [-0.25, -0.2) is 8.42 Å². The van der Waals surface area contributed by atoms with E-state index in [1.54, 1.807) is 24.3 Å². The Morgan fingerprint density at radius 2 is 1.96 bits per heavy atom. The van der Waals surface area contributed by atoms with E-state index in [-0.39, 0.29) is 19.0 Å². The molecule has 6 nitrogen and oxygen atoms in total. The Balaban J connectivity index is 1.74. The zero-order valence-corrected chi connectivity index (χ0v) is 17.4. The number of nitrogens with zero attached hydrogens (tertiary/aromatic N) is 1. The van der Waals surface area contributed by atoms with Crippen LogP contribution in [0, 0.1) is 0 Å². The van der Waals surface area contributed by atoms with Crippen molar-refractivity contribution in [1.29, 1.82) is 0 Å². The molecule has 0 unspecified atom stereocenters. The van der Waals surface area contributed by atoms with Gasteiger partial charge in [-0.15, -0.1) is 0 Å². The van der Waals surface area contributed by atoms with Crippen molar-refractivity contribution in [2.45, 2.75) is 51.2 Å². The summed E-state index contributed by atoms with van der Waals surface area (Å²) < 4.78 is 31.0. The highest BCUT2D eigenvalue weighted by Crippen LogP contribution is 2.20. The van der Waals surface area contributed by atoms with Gasteiger partial charge in [0.2, 0.25) is 15.9 Å². The summed E-state index contributed by atoms with van der Waals surface area (Å²) in [5.74, 6) is -0.329. The second-order valence-electron chi connectivity index (χ2n) is 6.96. The number of hydrogen-bond acceptors (Lipinski definition) is 4. The smallest absolute Gasteiger partial charge is 0.235 e. The van der Waals surface area contributed by atoms with Crippen LogP contribution in [0.15, 0.2) is 24.3 Å². The van der Waals surface area contributed by atoms with E-state index in [9.17, 15) is 13.2 Å². The molecule has 1 N–H and O–H groups in total. The molecule has 0 aliphatic heterocycles. The molecule has 0 bridgehead atoms. The van der Waals surface area contributed by atoms with Crippen LogP contribution in [0.4, 0.5) is 0 Å². The fraction of sp³-hybridized carbons (Fsp3) is 0.632. The highest BCUT2D eigenvalue weighted by molar-refractivity contribution is 7.88. The van der Waals surface area contributed by atoms with E-state index in [1.807, 2.05) is 0 Å². The van der Waals surface area contributed by atoms with E-state index in [0.29, 0.717) is 36.3 Å². The molecule has 0 heterocycles. The summed E-state index contributed by atoms with van der Waals surface area (Å²) in [5.41, 5.74) is 0.665. The van der Waals surface area contributed by atoms with Crippen molar-refractivity contribution < 1.29 is 17.9 Å². The minimum atomic E-state index is -3.54. The molecule has 0 spiro atoms. The molecule has 1 amide bonds. The first-order valence-electron chi connectivity index (χ1n) is 9.43. The largest absolute Gasteiger partial charge is 0.378 e. The number of carbonyl (C=O) groups excluding carboxylic acids is 1. The molecule has 0 saturated heterocycles. The van der Waals surface area contributed by atoms with Gasteiger partial charge >= 0.3 is 0 Å². The molecule has 1 aromatic rings. The van der Waals surface area contributed by atoms with Gasteiger partial charge in [0, 0.05) is 24.7 Å². The second-order valence-corrected chi connectivity index (χ2v) is 9.35. The van der Waals surface area contributed by atoms with Crippen LogP contribution in [-0.4, -0.2) is 50.7 Å². The Labute approximate surface area is 167 Å². The van der Waals surface area contributed by atoms with Crippen molar-refractivity contribution in [3.05, 3.63) is 34.9 Å². The maximum atomic E-state index is 12.1. The summed E-state index contributed by atoms with van der Waals surface area (Å²) in [4.78, 5) is 12.1. The molecule has 0 radical (unpaired) electrons. The van der Waals surface area contributed by atoms with Crippen LogP contribution in [0.2, 0.25) is 5.02 Å². The maximum Gasteiger partial charge on any atom is 0.235 e. The first-order valence-corrected chi connectivity index (χ1v) is 11.7. The number of carbonyl (C=O) groups is 1. The number of ether oxygens (including phenoxy) is 1. The minimum absolute atomic E-state index is 0.0662. The van der Waals surface area contributed by atoms with Gasteiger partial charge in [0.15, 0.2) is 0 Å². The van der Waals surface area contributed by atoms with Gasteiger partial charge in [-0.05, 0) is 30.9 Å². The van der Waals surface area contributed by atoms with E-state index in [1.165, 1.54) is 19.3 Å². The SMILES string of the molecule is CS(=O)(=O)N(CC(=O)NCCCOC1CCCCC1)Cc1ccccc1Cl. The van der Waals surface area contributed by atoms with E-state index in [0.717, 1.165) is 23.4 Å². The predicted octanol–water partition coefficient (Wildman–Crippen LogP) is 2.96. The highest BCUT2D eigenvalue weighted by Gasteiger charge is 2.21. The number of halogens is 1. The minimum Gasteiger partial charge on any atom is -0.378 e. The average molecular weight is 417 g/mol. The van der Waals surface area contributed by atoms with Crippen molar-refractivity contribution in [1.82, 2.24) is 9.62 Å². The molecule has 152 valence electrons. The van der Waals surface area contributed by atoms with Crippen molar-refractivity contribution in [3.63, 3.8) is 0 Å². The first kappa shape index (κ1) is 22.1. The fourth-order valence-electron chi connectivity index (χ4n) is 3.10. The van der Waals surface area contributed by atoms with Gasteiger partial charge in [-0.1, -0.05) is 49.1 Å². The van der Waals surface area contributed by atoms with Crippen LogP contribution < -0.4 is 5.32 Å².